The van der Waals surface area contributed by atoms with Gasteiger partial charge in [-0.1, -0.05) is 0 Å². The summed E-state index contributed by atoms with van der Waals surface area (Å²) < 4.78 is 9.94. The molecule has 0 fully saturated rings. The van der Waals surface area contributed by atoms with Gasteiger partial charge in [-0.05, 0) is 27.7 Å². The van der Waals surface area contributed by atoms with E-state index >= 15 is 0 Å². The minimum absolute atomic E-state index is 0.114. The molecule has 64 valence electrons. The quantitative estimate of drug-likeness (QED) is 0.524. The number of rotatable bonds is 4. The van der Waals surface area contributed by atoms with E-state index in [0.29, 0.717) is 0 Å². The van der Waals surface area contributed by atoms with Crippen LogP contribution in [0.25, 0.3) is 0 Å². The third kappa shape index (κ3) is 6.76. The summed E-state index contributed by atoms with van der Waals surface area (Å²) in [4.78, 5) is 9.30. The van der Waals surface area contributed by atoms with Gasteiger partial charge < -0.3 is 0 Å². The Hall–Kier alpha value is 0.375. The highest BCUT2D eigenvalue weighted by molar-refractivity contribution is 7.85. The second kappa shape index (κ2) is 4.41. The molecule has 0 aliphatic heterocycles. The van der Waals surface area contributed by atoms with Gasteiger partial charge >= 0.3 is 15.4 Å². The van der Waals surface area contributed by atoms with Gasteiger partial charge in [0.1, 0.15) is 12.2 Å². The van der Waals surface area contributed by atoms with Crippen molar-refractivity contribution >= 4 is 15.4 Å². The van der Waals surface area contributed by atoms with Gasteiger partial charge in [-0.2, -0.15) is 9.05 Å². The second-order valence-corrected chi connectivity index (χ2v) is 4.42. The van der Waals surface area contributed by atoms with Crippen LogP contribution in [0.3, 0.4) is 0 Å². The highest BCUT2D eigenvalue weighted by Gasteiger charge is 2.36. The van der Waals surface area contributed by atoms with Crippen molar-refractivity contribution in [2.24, 2.45) is 0 Å². The van der Waals surface area contributed by atoms with E-state index in [1.165, 1.54) is 0 Å². The average molecular weight is 177 g/mol. The predicted octanol–water partition coefficient (Wildman–Crippen LogP) is 1.67. The van der Waals surface area contributed by atoms with Crippen LogP contribution >= 0.6 is 7.82 Å². The fraction of sp³-hybridized carbons (Fsp3) is 1.00. The zero-order valence-corrected chi connectivity index (χ0v) is 8.34. The van der Waals surface area contributed by atoms with Gasteiger partial charge in [0, 0.05) is 0 Å². The maximum atomic E-state index is 9.30. The van der Waals surface area contributed by atoms with Crippen molar-refractivity contribution in [1.82, 2.24) is 0 Å². The molecule has 0 saturated heterocycles. The lowest BCUT2D eigenvalue weighted by molar-refractivity contribution is 0.132. The zero-order chi connectivity index (χ0) is 9.07. The van der Waals surface area contributed by atoms with Gasteiger partial charge in [-0.25, -0.2) is 4.89 Å². The van der Waals surface area contributed by atoms with Crippen molar-refractivity contribution in [2.45, 2.75) is 39.9 Å². The summed E-state index contributed by atoms with van der Waals surface area (Å²) in [7, 11) is 2.29. The summed E-state index contributed by atoms with van der Waals surface area (Å²) in [5.41, 5.74) is 0. The Bertz CT molecular complexity index is 104. The van der Waals surface area contributed by atoms with E-state index in [4.69, 9.17) is 16.6 Å². The van der Waals surface area contributed by atoms with E-state index in [-0.39, 0.29) is 12.2 Å². The Labute approximate surface area is 70.0 Å². The summed E-state index contributed by atoms with van der Waals surface area (Å²) in [6, 6.07) is 0. The normalized spacial score (nSPS) is 13.0. The largest absolute Gasteiger partial charge is 0.488 e. The van der Waals surface area contributed by atoms with Crippen LogP contribution < -0.4 is 0 Å². The minimum atomic E-state index is -3.05. The van der Waals surface area contributed by atoms with Crippen LogP contribution in [0.4, 0.5) is 0 Å². The lowest BCUT2D eigenvalue weighted by Gasteiger charge is -2.17. The summed E-state index contributed by atoms with van der Waals surface area (Å²) in [6.07, 6.45) is -0.228. The first-order chi connectivity index (χ1) is 4.83. The van der Waals surface area contributed by atoms with E-state index in [2.05, 4.69) is 0 Å². The number of hydrogen-bond acceptors (Lipinski definition) is 3. The summed E-state index contributed by atoms with van der Waals surface area (Å²) in [6.45, 7) is 7.17. The van der Waals surface area contributed by atoms with E-state index < -0.39 is 7.82 Å². The van der Waals surface area contributed by atoms with Crippen molar-refractivity contribution in [1.29, 1.82) is 0 Å². The Morgan fingerprint density at radius 1 is 1.09 bits per heavy atom. The van der Waals surface area contributed by atoms with E-state index in [1.807, 2.05) is 0 Å². The molecule has 0 aromatic rings. The standard InChI is InChI=1S/C6H15BO3P/c1-5(2)9-11(7,8)10-6(3)4/h5-6,8H,1-4H3/q+1. The van der Waals surface area contributed by atoms with Crippen molar-refractivity contribution < 1.29 is 13.9 Å². The molecule has 0 aliphatic carbocycles. The van der Waals surface area contributed by atoms with Crippen LogP contribution in [-0.4, -0.2) is 24.7 Å². The monoisotopic (exact) mass is 177 g/mol. The molecule has 11 heavy (non-hydrogen) atoms. The summed E-state index contributed by atoms with van der Waals surface area (Å²) in [5, 5.41) is 0. The lowest BCUT2D eigenvalue weighted by Crippen LogP contribution is -2.12. The van der Waals surface area contributed by atoms with Gasteiger partial charge in [-0.3, -0.25) is 0 Å². The third-order valence-corrected chi connectivity index (χ3v) is 2.17. The maximum Gasteiger partial charge on any atom is 0.488 e. The highest BCUT2D eigenvalue weighted by Crippen LogP contribution is 2.53. The first-order valence-corrected chi connectivity index (χ1v) is 5.25. The van der Waals surface area contributed by atoms with Gasteiger partial charge in [0.05, 0.1) is 0 Å². The molecule has 0 aliphatic rings. The topological polar surface area (TPSA) is 38.7 Å². The van der Waals surface area contributed by atoms with Crippen molar-refractivity contribution in [2.75, 3.05) is 0 Å². The first-order valence-electron chi connectivity index (χ1n) is 3.60. The molecular weight excluding hydrogens is 162 g/mol. The fourth-order valence-corrected chi connectivity index (χ4v) is 1.89. The van der Waals surface area contributed by atoms with Crippen LogP contribution in [0.2, 0.25) is 0 Å². The van der Waals surface area contributed by atoms with Crippen LogP contribution in [-0.2, 0) is 9.05 Å². The van der Waals surface area contributed by atoms with Crippen LogP contribution in [0, 0.1) is 0 Å². The molecule has 0 saturated carbocycles. The van der Waals surface area contributed by atoms with Gasteiger partial charge in [0.2, 0.25) is 0 Å². The molecule has 0 amide bonds. The molecule has 0 rings (SSSR count). The second-order valence-electron chi connectivity index (χ2n) is 2.87. The molecule has 0 aromatic heterocycles. The maximum absolute atomic E-state index is 9.30. The molecule has 0 atom stereocenters. The molecule has 0 aromatic carbocycles. The molecule has 0 unspecified atom stereocenters. The van der Waals surface area contributed by atoms with Crippen LogP contribution in [0.1, 0.15) is 27.7 Å². The lowest BCUT2D eigenvalue weighted by atomic mass is 10.5. The van der Waals surface area contributed by atoms with Gasteiger partial charge in [-0.15, -0.1) is 0 Å². The Balaban J connectivity index is 3.79. The van der Waals surface area contributed by atoms with E-state index in [0.717, 1.165) is 0 Å². The Morgan fingerprint density at radius 2 is 1.36 bits per heavy atom. The van der Waals surface area contributed by atoms with Gasteiger partial charge in [0.25, 0.3) is 0 Å². The molecule has 1 N–H and O–H groups in total. The average Bonchev–Trinajstić information content (AvgIpc) is 1.53. The fourth-order valence-electron chi connectivity index (χ4n) is 0.629. The predicted molar refractivity (Wildman–Crippen MR) is 47.3 cm³/mol. The first kappa shape index (κ1) is 11.4. The van der Waals surface area contributed by atoms with Gasteiger partial charge in [0.15, 0.2) is 0 Å². The molecule has 3 nitrogen and oxygen atoms in total. The minimum Gasteiger partial charge on any atom is -0.209 e. The molecule has 0 bridgehead atoms. The van der Waals surface area contributed by atoms with Crippen molar-refractivity contribution in [3.05, 3.63) is 0 Å². The summed E-state index contributed by atoms with van der Waals surface area (Å²) in [5.74, 6) is 0. The summed E-state index contributed by atoms with van der Waals surface area (Å²) >= 11 is 0. The Morgan fingerprint density at radius 3 is 1.55 bits per heavy atom. The highest BCUT2D eigenvalue weighted by atomic mass is 31.2. The van der Waals surface area contributed by atoms with Crippen LogP contribution in [0.5, 0.6) is 0 Å². The van der Waals surface area contributed by atoms with E-state index in [9.17, 15) is 4.89 Å². The zero-order valence-electron chi connectivity index (χ0n) is 7.44. The molecular formula is C6H15BO3P+. The van der Waals surface area contributed by atoms with Crippen molar-refractivity contribution in [3.63, 3.8) is 0 Å². The molecule has 0 spiro atoms. The molecule has 5 heteroatoms. The smallest absolute Gasteiger partial charge is 0.209 e. The van der Waals surface area contributed by atoms with Crippen LogP contribution in [0.15, 0.2) is 0 Å². The number of hydrogen-bond donors (Lipinski definition) is 1. The molecule has 0 heterocycles. The molecule has 2 radical (unpaired) electrons. The third-order valence-electron chi connectivity index (χ3n) is 0.724. The SMILES string of the molecule is [B][P+](O)(OC(C)C)OC(C)C. The van der Waals surface area contributed by atoms with E-state index in [1.54, 1.807) is 27.7 Å². The Kier molecular flexibility index (Phi) is 4.56. The van der Waals surface area contributed by atoms with Crippen molar-refractivity contribution in [3.8, 4) is 0 Å².